The second-order valence-electron chi connectivity index (χ2n) is 3.81. The van der Waals surface area contributed by atoms with Crippen LogP contribution in [-0.2, 0) is 7.05 Å². The van der Waals surface area contributed by atoms with Gasteiger partial charge in [0.25, 0.3) is 5.69 Å². The summed E-state index contributed by atoms with van der Waals surface area (Å²) >= 11 is 0. The maximum atomic E-state index is 3.16. The summed E-state index contributed by atoms with van der Waals surface area (Å²) in [5.41, 5.74) is 3.33. The highest BCUT2D eigenvalue weighted by molar-refractivity contribution is 5.39. The molecule has 1 aromatic heterocycles. The third-order valence-electron chi connectivity index (χ3n) is 2.44. The average molecular weight is 208 g/mol. The van der Waals surface area contributed by atoms with Crippen LogP contribution in [0.15, 0.2) is 48.7 Å². The van der Waals surface area contributed by atoms with Gasteiger partial charge in [0.2, 0.25) is 0 Å². The van der Waals surface area contributed by atoms with Gasteiger partial charge in [-0.25, -0.2) is 0 Å². The van der Waals surface area contributed by atoms with Crippen LogP contribution in [0.3, 0.4) is 0 Å². The number of nitrogens with zero attached hydrogens (tertiary/aromatic N) is 1. The Morgan fingerprint density at radius 3 is 2.38 bits per heavy atom. The number of benzene rings is 1. The third kappa shape index (κ3) is 2.49. The SMILES string of the molecule is Cc1ccc(C#Cc2cccc[n+]2C)cc1. The zero-order valence-corrected chi connectivity index (χ0v) is 9.57. The zero-order valence-electron chi connectivity index (χ0n) is 9.57. The topological polar surface area (TPSA) is 3.88 Å². The van der Waals surface area contributed by atoms with Crippen LogP contribution in [0.1, 0.15) is 16.8 Å². The minimum Gasteiger partial charge on any atom is -0.194 e. The summed E-state index contributed by atoms with van der Waals surface area (Å²) in [6.07, 6.45) is 2.00. The Morgan fingerprint density at radius 1 is 0.938 bits per heavy atom. The predicted octanol–water partition coefficient (Wildman–Crippen LogP) is 2.22. The molecule has 0 fully saturated rings. The molecule has 0 N–H and O–H groups in total. The van der Waals surface area contributed by atoms with Gasteiger partial charge in [-0.05, 0) is 25.1 Å². The monoisotopic (exact) mass is 208 g/mol. The summed E-state index contributed by atoms with van der Waals surface area (Å²) in [4.78, 5) is 0. The lowest BCUT2D eigenvalue weighted by Gasteiger charge is -1.92. The maximum absolute atomic E-state index is 3.16. The molecule has 1 nitrogen and oxygen atoms in total. The van der Waals surface area contributed by atoms with E-state index in [1.54, 1.807) is 0 Å². The number of pyridine rings is 1. The fourth-order valence-electron chi connectivity index (χ4n) is 1.43. The molecule has 0 aliphatic carbocycles. The van der Waals surface area contributed by atoms with E-state index in [-0.39, 0.29) is 0 Å². The molecule has 0 radical (unpaired) electrons. The Bertz CT molecular complexity index is 542. The zero-order chi connectivity index (χ0) is 11.4. The van der Waals surface area contributed by atoms with Crippen molar-refractivity contribution < 1.29 is 4.57 Å². The van der Waals surface area contributed by atoms with Gasteiger partial charge in [0.1, 0.15) is 7.05 Å². The van der Waals surface area contributed by atoms with E-state index in [4.69, 9.17) is 0 Å². The molecule has 0 saturated carbocycles. The smallest absolute Gasteiger partial charge is 0.194 e. The molecule has 0 aliphatic heterocycles. The Hall–Kier alpha value is -2.07. The van der Waals surface area contributed by atoms with Crippen molar-refractivity contribution in [2.24, 2.45) is 7.05 Å². The van der Waals surface area contributed by atoms with Crippen molar-refractivity contribution in [3.05, 3.63) is 65.5 Å². The summed E-state index contributed by atoms with van der Waals surface area (Å²) in [5.74, 6) is 6.32. The van der Waals surface area contributed by atoms with Crippen LogP contribution in [0.2, 0.25) is 0 Å². The molecule has 1 aromatic carbocycles. The van der Waals surface area contributed by atoms with Crippen LogP contribution in [-0.4, -0.2) is 0 Å². The van der Waals surface area contributed by atoms with Gasteiger partial charge in [0.15, 0.2) is 6.20 Å². The lowest BCUT2D eigenvalue weighted by atomic mass is 10.1. The van der Waals surface area contributed by atoms with Crippen LogP contribution >= 0.6 is 0 Å². The largest absolute Gasteiger partial charge is 0.256 e. The Balaban J connectivity index is 2.29. The van der Waals surface area contributed by atoms with E-state index in [2.05, 4.69) is 30.9 Å². The van der Waals surface area contributed by atoms with Gasteiger partial charge in [-0.1, -0.05) is 23.6 Å². The van der Waals surface area contributed by atoms with Crippen molar-refractivity contribution in [3.8, 4) is 11.8 Å². The number of rotatable bonds is 0. The lowest BCUT2D eigenvalue weighted by Crippen LogP contribution is -2.31. The second kappa shape index (κ2) is 4.63. The molecule has 2 aromatic rings. The summed E-state index contributed by atoms with van der Waals surface area (Å²) in [6.45, 7) is 2.08. The van der Waals surface area contributed by atoms with Crippen LogP contribution in [0.5, 0.6) is 0 Å². The standard InChI is InChI=1S/C15H14N/c1-13-6-8-14(9-7-13)10-11-15-5-3-4-12-16(15)2/h3-9,12H,1-2H3/q+1. The van der Waals surface area contributed by atoms with Gasteiger partial charge in [-0.2, -0.15) is 4.57 Å². The number of hydrogen-bond acceptors (Lipinski definition) is 0. The van der Waals surface area contributed by atoms with Crippen LogP contribution in [0.25, 0.3) is 0 Å². The van der Waals surface area contributed by atoms with Gasteiger partial charge in [-0.3, -0.25) is 0 Å². The fourth-order valence-corrected chi connectivity index (χ4v) is 1.43. The van der Waals surface area contributed by atoms with Crippen molar-refractivity contribution in [1.29, 1.82) is 0 Å². The van der Waals surface area contributed by atoms with E-state index >= 15 is 0 Å². The molecule has 0 aliphatic rings. The fraction of sp³-hybridized carbons (Fsp3) is 0.133. The van der Waals surface area contributed by atoms with E-state index in [1.165, 1.54) is 5.56 Å². The molecule has 0 atom stereocenters. The van der Waals surface area contributed by atoms with Gasteiger partial charge >= 0.3 is 0 Å². The maximum Gasteiger partial charge on any atom is 0.256 e. The Kier molecular flexibility index (Phi) is 3.03. The Morgan fingerprint density at radius 2 is 1.69 bits per heavy atom. The highest BCUT2D eigenvalue weighted by Crippen LogP contribution is 2.01. The molecule has 78 valence electrons. The van der Waals surface area contributed by atoms with Crippen molar-refractivity contribution in [2.45, 2.75) is 6.92 Å². The first-order valence-corrected chi connectivity index (χ1v) is 5.29. The van der Waals surface area contributed by atoms with Gasteiger partial charge in [0, 0.05) is 23.6 Å². The first kappa shape index (κ1) is 10.4. The molecular formula is C15H14N+. The molecule has 1 heterocycles. The third-order valence-corrected chi connectivity index (χ3v) is 2.44. The van der Waals surface area contributed by atoms with Crippen LogP contribution in [0.4, 0.5) is 0 Å². The summed E-state index contributed by atoms with van der Waals surface area (Å²) in [7, 11) is 2.00. The van der Waals surface area contributed by atoms with Gasteiger partial charge in [-0.15, -0.1) is 0 Å². The molecule has 0 unspecified atom stereocenters. The molecule has 0 bridgehead atoms. The molecule has 0 saturated heterocycles. The van der Waals surface area contributed by atoms with Crippen LogP contribution in [0, 0.1) is 18.8 Å². The molecule has 16 heavy (non-hydrogen) atoms. The Labute approximate surface area is 96.4 Å². The summed E-state index contributed by atoms with van der Waals surface area (Å²) in [6, 6.07) is 14.3. The number of aryl methyl sites for hydroxylation is 2. The van der Waals surface area contributed by atoms with Crippen molar-refractivity contribution in [2.75, 3.05) is 0 Å². The minimum absolute atomic E-state index is 1.02. The number of aromatic nitrogens is 1. The number of hydrogen-bond donors (Lipinski definition) is 0. The quantitative estimate of drug-likeness (QED) is 0.461. The minimum atomic E-state index is 1.02. The lowest BCUT2D eigenvalue weighted by molar-refractivity contribution is -0.673. The predicted molar refractivity (Wildman–Crippen MR) is 64.8 cm³/mol. The van der Waals surface area contributed by atoms with Crippen molar-refractivity contribution in [3.63, 3.8) is 0 Å². The van der Waals surface area contributed by atoms with Crippen molar-refractivity contribution in [1.82, 2.24) is 0 Å². The first-order valence-electron chi connectivity index (χ1n) is 5.29. The van der Waals surface area contributed by atoms with E-state index in [0.717, 1.165) is 11.3 Å². The highest BCUT2D eigenvalue weighted by Gasteiger charge is 1.98. The summed E-state index contributed by atoms with van der Waals surface area (Å²) < 4.78 is 2.02. The van der Waals surface area contributed by atoms with Gasteiger partial charge in [0.05, 0.1) is 0 Å². The molecule has 0 spiro atoms. The van der Waals surface area contributed by atoms with E-state index in [0.29, 0.717) is 0 Å². The van der Waals surface area contributed by atoms with E-state index in [9.17, 15) is 0 Å². The summed E-state index contributed by atoms with van der Waals surface area (Å²) in [5, 5.41) is 0. The first-order chi connectivity index (χ1) is 7.75. The molecule has 2 rings (SSSR count). The van der Waals surface area contributed by atoms with Crippen LogP contribution < -0.4 is 4.57 Å². The van der Waals surface area contributed by atoms with E-state index < -0.39 is 0 Å². The molecule has 0 amide bonds. The van der Waals surface area contributed by atoms with Gasteiger partial charge < -0.3 is 0 Å². The normalized spacial score (nSPS) is 9.38. The average Bonchev–Trinajstić information content (AvgIpc) is 2.30. The highest BCUT2D eigenvalue weighted by atomic mass is 14.9. The van der Waals surface area contributed by atoms with E-state index in [1.807, 2.05) is 48.1 Å². The van der Waals surface area contributed by atoms with Crippen molar-refractivity contribution >= 4 is 0 Å². The molecular weight excluding hydrogens is 194 g/mol. The molecule has 1 heteroatoms. The second-order valence-corrected chi connectivity index (χ2v) is 3.81.